The van der Waals surface area contributed by atoms with E-state index < -0.39 is 21.8 Å². The molecule has 78 valence electrons. The van der Waals surface area contributed by atoms with Crippen molar-refractivity contribution in [2.75, 3.05) is 13.3 Å². The summed E-state index contributed by atoms with van der Waals surface area (Å²) in [7, 11) is -6.89. The molecule has 0 aliphatic heterocycles. The summed E-state index contributed by atoms with van der Waals surface area (Å²) >= 11 is 0. The molecule has 0 amide bonds. The van der Waals surface area contributed by atoms with Gasteiger partial charge < -0.3 is 9.05 Å². The van der Waals surface area contributed by atoms with E-state index in [1.807, 2.05) is 0 Å². The fourth-order valence-electron chi connectivity index (χ4n) is 0.456. The normalized spacial score (nSPS) is 13.8. The highest BCUT2D eigenvalue weighted by Crippen LogP contribution is 2.36. The van der Waals surface area contributed by atoms with E-state index in [4.69, 9.17) is 9.79 Å². The zero-order chi connectivity index (χ0) is 10.5. The van der Waals surface area contributed by atoms with Gasteiger partial charge in [0.15, 0.2) is 8.03 Å². The zero-order valence-corrected chi connectivity index (χ0v) is 8.69. The Balaban J connectivity index is 3.65. The van der Waals surface area contributed by atoms with Gasteiger partial charge in [-0.1, -0.05) is 0 Å². The van der Waals surface area contributed by atoms with Gasteiger partial charge in [-0.3, -0.25) is 19.1 Å². The molecule has 0 aromatic carbocycles. The summed E-state index contributed by atoms with van der Waals surface area (Å²) in [6, 6.07) is 0. The van der Waals surface area contributed by atoms with Gasteiger partial charge >= 0.3 is 13.8 Å². The van der Waals surface area contributed by atoms with Gasteiger partial charge in [0.1, 0.15) is 0 Å². The Labute approximate surface area is 75.2 Å². The summed E-state index contributed by atoms with van der Waals surface area (Å²) in [5.41, 5.74) is 0. The summed E-state index contributed by atoms with van der Waals surface area (Å²) in [4.78, 5) is 26.9. The van der Waals surface area contributed by atoms with Crippen LogP contribution in [-0.4, -0.2) is 29.0 Å². The number of hydrogen-bond acceptors (Lipinski definition) is 5. The van der Waals surface area contributed by atoms with Gasteiger partial charge in [0.05, 0.1) is 13.0 Å². The highest BCUT2D eigenvalue weighted by atomic mass is 31.2. The molecule has 2 N–H and O–H groups in total. The van der Waals surface area contributed by atoms with Crippen LogP contribution in [0.15, 0.2) is 0 Å². The number of phosphoric ester groups is 1. The van der Waals surface area contributed by atoms with E-state index in [-0.39, 0.29) is 13.0 Å². The third kappa shape index (κ3) is 9.73. The largest absolute Gasteiger partial charge is 0.526 e. The second-order valence-electron chi connectivity index (χ2n) is 2.04. The highest BCUT2D eigenvalue weighted by Gasteiger charge is 2.19. The average molecular weight is 232 g/mol. The van der Waals surface area contributed by atoms with E-state index in [2.05, 4.69) is 9.05 Å². The number of phosphoric acid groups is 1. The SMILES string of the molecule is C[PH](=O)OCCC(=O)OP(=O)(O)O. The molecule has 0 saturated carbocycles. The minimum atomic E-state index is -4.76. The van der Waals surface area contributed by atoms with Crippen molar-refractivity contribution >= 4 is 21.8 Å². The first-order valence-corrected chi connectivity index (χ1v) is 6.57. The van der Waals surface area contributed by atoms with Crippen molar-refractivity contribution in [3.05, 3.63) is 0 Å². The van der Waals surface area contributed by atoms with E-state index in [1.165, 1.54) is 6.66 Å². The summed E-state index contributed by atoms with van der Waals surface area (Å²) < 4.78 is 28.7. The van der Waals surface area contributed by atoms with Crippen LogP contribution in [0.4, 0.5) is 0 Å². The Morgan fingerprint density at radius 3 is 2.46 bits per heavy atom. The quantitative estimate of drug-likeness (QED) is 0.648. The third-order valence-electron chi connectivity index (χ3n) is 0.832. The van der Waals surface area contributed by atoms with Crippen molar-refractivity contribution in [1.82, 2.24) is 0 Å². The van der Waals surface area contributed by atoms with Crippen LogP contribution in [0.3, 0.4) is 0 Å². The van der Waals surface area contributed by atoms with E-state index in [9.17, 15) is 13.9 Å². The molecule has 0 fully saturated rings. The monoisotopic (exact) mass is 232 g/mol. The van der Waals surface area contributed by atoms with Gasteiger partial charge in [-0.2, -0.15) is 0 Å². The van der Waals surface area contributed by atoms with Crippen molar-refractivity contribution in [3.8, 4) is 0 Å². The van der Waals surface area contributed by atoms with Crippen LogP contribution in [0.1, 0.15) is 6.42 Å². The number of rotatable bonds is 5. The first kappa shape index (κ1) is 12.8. The van der Waals surface area contributed by atoms with Crippen LogP contribution in [-0.2, 0) is 23.0 Å². The minimum Gasteiger partial charge on any atom is -0.371 e. The lowest BCUT2D eigenvalue weighted by Crippen LogP contribution is -2.05. The molecule has 13 heavy (non-hydrogen) atoms. The van der Waals surface area contributed by atoms with Crippen LogP contribution in [0.25, 0.3) is 0 Å². The second kappa shape index (κ2) is 5.52. The van der Waals surface area contributed by atoms with Gasteiger partial charge in [0.25, 0.3) is 0 Å². The predicted molar refractivity (Wildman–Crippen MR) is 43.6 cm³/mol. The van der Waals surface area contributed by atoms with Crippen molar-refractivity contribution in [1.29, 1.82) is 0 Å². The molecular formula is C4H10O7P2. The Bertz CT molecular complexity index is 243. The first-order chi connectivity index (χ1) is 5.81. The molecular weight excluding hydrogens is 222 g/mol. The highest BCUT2D eigenvalue weighted by molar-refractivity contribution is 7.46. The molecule has 0 bridgehead atoms. The summed E-state index contributed by atoms with van der Waals surface area (Å²) in [6.45, 7) is 1.16. The Morgan fingerprint density at radius 1 is 1.54 bits per heavy atom. The maximum absolute atomic E-state index is 10.6. The molecule has 7 nitrogen and oxygen atoms in total. The van der Waals surface area contributed by atoms with Gasteiger partial charge in [-0.15, -0.1) is 0 Å². The average Bonchev–Trinajstić information content (AvgIpc) is 1.81. The summed E-state index contributed by atoms with van der Waals surface area (Å²) in [5.74, 6) is -1.09. The zero-order valence-electron chi connectivity index (χ0n) is 6.80. The Kier molecular flexibility index (Phi) is 5.44. The number of carbonyl (C=O) groups is 1. The molecule has 0 aromatic rings. The van der Waals surface area contributed by atoms with E-state index in [0.29, 0.717) is 0 Å². The van der Waals surface area contributed by atoms with Crippen molar-refractivity contribution in [3.63, 3.8) is 0 Å². The summed E-state index contributed by atoms with van der Waals surface area (Å²) in [5, 5.41) is 0. The van der Waals surface area contributed by atoms with Crippen LogP contribution in [0.5, 0.6) is 0 Å². The van der Waals surface area contributed by atoms with Crippen LogP contribution in [0.2, 0.25) is 0 Å². The Morgan fingerprint density at radius 2 is 2.08 bits per heavy atom. The van der Waals surface area contributed by atoms with Gasteiger partial charge in [-0.05, 0) is 0 Å². The fraction of sp³-hybridized carbons (Fsp3) is 0.750. The molecule has 0 radical (unpaired) electrons. The number of carbonyl (C=O) groups excluding carboxylic acids is 1. The van der Waals surface area contributed by atoms with E-state index >= 15 is 0 Å². The molecule has 0 aromatic heterocycles. The predicted octanol–water partition coefficient (Wildman–Crippen LogP) is 0.133. The molecule has 1 unspecified atom stereocenters. The minimum absolute atomic E-state index is 0.173. The third-order valence-corrected chi connectivity index (χ3v) is 1.88. The standard InChI is InChI=1S/C4H10O7P2/c1-12(6)10-3-2-4(5)11-13(7,8)9/h12H,2-3H2,1H3,(H2,7,8,9). The second-order valence-corrected chi connectivity index (χ2v) is 4.48. The molecule has 1 atom stereocenters. The van der Waals surface area contributed by atoms with Crippen LogP contribution < -0.4 is 0 Å². The lowest BCUT2D eigenvalue weighted by Gasteiger charge is -2.04. The van der Waals surface area contributed by atoms with Crippen molar-refractivity contribution in [2.45, 2.75) is 6.42 Å². The molecule has 0 aliphatic carbocycles. The van der Waals surface area contributed by atoms with Gasteiger partial charge in [-0.25, -0.2) is 4.57 Å². The fourth-order valence-corrected chi connectivity index (χ4v) is 1.20. The topological polar surface area (TPSA) is 110 Å². The molecule has 9 heteroatoms. The van der Waals surface area contributed by atoms with E-state index in [1.54, 1.807) is 0 Å². The molecule has 0 saturated heterocycles. The van der Waals surface area contributed by atoms with Gasteiger partial charge in [0.2, 0.25) is 0 Å². The molecule has 0 rings (SSSR count). The first-order valence-electron chi connectivity index (χ1n) is 3.22. The lowest BCUT2D eigenvalue weighted by atomic mass is 10.5. The lowest BCUT2D eigenvalue weighted by molar-refractivity contribution is -0.136. The maximum atomic E-state index is 10.6. The Hall–Kier alpha value is -0.190. The molecule has 0 aliphatic rings. The maximum Gasteiger partial charge on any atom is 0.526 e. The smallest absolute Gasteiger partial charge is 0.371 e. The van der Waals surface area contributed by atoms with Crippen LogP contribution >= 0.6 is 15.9 Å². The van der Waals surface area contributed by atoms with Crippen LogP contribution in [0, 0.1) is 0 Å². The van der Waals surface area contributed by atoms with E-state index in [0.717, 1.165) is 0 Å². The molecule has 0 spiro atoms. The summed E-state index contributed by atoms with van der Waals surface area (Å²) in [6.07, 6.45) is -0.338. The van der Waals surface area contributed by atoms with Gasteiger partial charge in [0, 0.05) is 6.66 Å². The van der Waals surface area contributed by atoms with Crippen molar-refractivity contribution in [2.24, 2.45) is 0 Å². The molecule has 0 heterocycles. The number of hydrogen-bond donors (Lipinski definition) is 2. The van der Waals surface area contributed by atoms with Crippen molar-refractivity contribution < 1.29 is 32.8 Å².